The molecule has 0 aliphatic carbocycles. The van der Waals surface area contributed by atoms with Crippen molar-refractivity contribution in [3.05, 3.63) is 59.8 Å². The summed E-state index contributed by atoms with van der Waals surface area (Å²) in [6, 6.07) is 13.5. The lowest BCUT2D eigenvalue weighted by atomic mass is 10.1. The number of benzene rings is 2. The maximum atomic E-state index is 12.7. The van der Waals surface area contributed by atoms with Crippen molar-refractivity contribution >= 4 is 38.5 Å². The van der Waals surface area contributed by atoms with E-state index in [9.17, 15) is 9.59 Å². The number of hydrogen-bond donors (Lipinski definition) is 2. The fourth-order valence-electron chi connectivity index (χ4n) is 4.50. The second-order valence-corrected chi connectivity index (χ2v) is 9.89. The zero-order chi connectivity index (χ0) is 24.2. The van der Waals surface area contributed by atoms with Crippen LogP contribution in [0.1, 0.15) is 41.6 Å². The molecule has 1 saturated heterocycles. The van der Waals surface area contributed by atoms with Crippen molar-refractivity contribution in [2.45, 2.75) is 32.3 Å². The Bertz CT molecular complexity index is 1340. The van der Waals surface area contributed by atoms with Gasteiger partial charge in [-0.25, -0.2) is 9.78 Å². The van der Waals surface area contributed by atoms with E-state index in [1.807, 2.05) is 48.7 Å². The first-order chi connectivity index (χ1) is 17.1. The Labute approximate surface area is 207 Å². The van der Waals surface area contributed by atoms with Crippen molar-refractivity contribution in [1.82, 2.24) is 19.6 Å². The van der Waals surface area contributed by atoms with Gasteiger partial charge in [0, 0.05) is 23.9 Å². The molecule has 0 spiro atoms. The van der Waals surface area contributed by atoms with Crippen LogP contribution in [-0.4, -0.2) is 52.5 Å². The highest BCUT2D eigenvalue weighted by Gasteiger charge is 2.14. The van der Waals surface area contributed by atoms with Crippen LogP contribution in [0.25, 0.3) is 26.4 Å². The minimum atomic E-state index is -0.788. The van der Waals surface area contributed by atoms with E-state index in [0.717, 1.165) is 45.0 Å². The van der Waals surface area contributed by atoms with Gasteiger partial charge in [0.05, 0.1) is 15.9 Å². The molecule has 182 valence electrons. The number of carbonyl (C=O) groups excluding carboxylic acids is 2. The summed E-state index contributed by atoms with van der Waals surface area (Å²) in [5.41, 5.74) is 9.40. The fourth-order valence-corrected chi connectivity index (χ4v) is 5.54. The van der Waals surface area contributed by atoms with Gasteiger partial charge in [-0.3, -0.25) is 9.20 Å². The number of amides is 2. The molecular formula is C26H29N5O3S. The molecular weight excluding hydrogens is 462 g/mol. The molecule has 0 radical (unpaired) electrons. The molecule has 1 aliphatic heterocycles. The van der Waals surface area contributed by atoms with Crippen molar-refractivity contribution in [1.29, 1.82) is 0 Å². The zero-order valence-corrected chi connectivity index (χ0v) is 20.4. The summed E-state index contributed by atoms with van der Waals surface area (Å²) >= 11 is 1.56. The highest BCUT2D eigenvalue weighted by Crippen LogP contribution is 2.30. The van der Waals surface area contributed by atoms with Crippen molar-refractivity contribution in [3.63, 3.8) is 0 Å². The molecule has 3 heterocycles. The van der Waals surface area contributed by atoms with E-state index in [1.165, 1.54) is 32.4 Å². The van der Waals surface area contributed by atoms with Gasteiger partial charge in [-0.05, 0) is 62.7 Å². The number of primary amides is 1. The first-order valence-electron chi connectivity index (χ1n) is 12.0. The molecule has 1 aliphatic rings. The summed E-state index contributed by atoms with van der Waals surface area (Å²) in [7, 11) is 0. The number of imidazole rings is 1. The van der Waals surface area contributed by atoms with Crippen LogP contribution >= 0.6 is 11.3 Å². The third-order valence-electron chi connectivity index (χ3n) is 6.37. The predicted molar refractivity (Wildman–Crippen MR) is 138 cm³/mol. The number of aromatic nitrogens is 2. The maximum Gasteiger partial charge on any atom is 0.404 e. The number of hydrogen-bond acceptors (Lipinski definition) is 6. The van der Waals surface area contributed by atoms with Crippen molar-refractivity contribution in [2.24, 2.45) is 5.73 Å². The Morgan fingerprint density at radius 2 is 1.89 bits per heavy atom. The van der Waals surface area contributed by atoms with Gasteiger partial charge in [0.2, 0.25) is 0 Å². The minimum absolute atomic E-state index is 0.0299. The van der Waals surface area contributed by atoms with E-state index in [-0.39, 0.29) is 12.5 Å². The van der Waals surface area contributed by atoms with Gasteiger partial charge in [0.1, 0.15) is 6.61 Å². The number of ether oxygens (including phenoxy) is 1. The van der Waals surface area contributed by atoms with Gasteiger partial charge in [-0.2, -0.15) is 0 Å². The number of piperidine rings is 1. The summed E-state index contributed by atoms with van der Waals surface area (Å²) < 4.78 is 7.91. The average molecular weight is 492 g/mol. The second-order valence-electron chi connectivity index (χ2n) is 8.88. The topological polar surface area (TPSA) is 102 Å². The molecule has 0 bridgehead atoms. The first-order valence-corrected chi connectivity index (χ1v) is 12.8. The molecule has 2 aromatic heterocycles. The summed E-state index contributed by atoms with van der Waals surface area (Å²) in [6.07, 6.45) is 6.11. The van der Waals surface area contributed by atoms with E-state index in [4.69, 9.17) is 15.5 Å². The molecule has 5 rings (SSSR count). The van der Waals surface area contributed by atoms with Crippen molar-refractivity contribution in [3.8, 4) is 11.3 Å². The normalized spacial score (nSPS) is 14.4. The van der Waals surface area contributed by atoms with Crippen LogP contribution in [0.5, 0.6) is 0 Å². The Balaban J connectivity index is 1.23. The fraction of sp³-hybridized carbons (Fsp3) is 0.346. The number of thiazole rings is 1. The number of nitrogens with zero attached hydrogens (tertiary/aromatic N) is 3. The Kier molecular flexibility index (Phi) is 6.96. The van der Waals surface area contributed by atoms with E-state index < -0.39 is 6.09 Å². The number of likely N-dealkylation sites (tertiary alicyclic amines) is 1. The Hall–Kier alpha value is -3.43. The maximum absolute atomic E-state index is 12.7. The van der Waals surface area contributed by atoms with Gasteiger partial charge in [-0.1, -0.05) is 42.0 Å². The molecule has 0 atom stereocenters. The van der Waals surface area contributed by atoms with Crippen LogP contribution < -0.4 is 11.1 Å². The molecule has 2 amide bonds. The zero-order valence-electron chi connectivity index (χ0n) is 19.5. The van der Waals surface area contributed by atoms with Crippen LogP contribution in [0.4, 0.5) is 4.79 Å². The van der Waals surface area contributed by atoms with E-state index >= 15 is 0 Å². The van der Waals surface area contributed by atoms with E-state index in [2.05, 4.69) is 14.6 Å². The number of rotatable bonds is 8. The molecule has 2 aromatic carbocycles. The summed E-state index contributed by atoms with van der Waals surface area (Å²) in [5, 5.41) is 3.06. The highest BCUT2D eigenvalue weighted by molar-refractivity contribution is 7.23. The molecule has 3 N–H and O–H groups in total. The minimum Gasteiger partial charge on any atom is -0.445 e. The molecule has 35 heavy (non-hydrogen) atoms. The van der Waals surface area contributed by atoms with Gasteiger partial charge in [0.15, 0.2) is 4.96 Å². The smallest absolute Gasteiger partial charge is 0.404 e. The number of fused-ring (bicyclic) bond motifs is 3. The molecule has 1 fully saturated rings. The lowest BCUT2D eigenvalue weighted by Crippen LogP contribution is -2.33. The molecule has 0 unspecified atom stereocenters. The van der Waals surface area contributed by atoms with Crippen molar-refractivity contribution in [2.75, 3.05) is 26.2 Å². The SMILES string of the molecule is NC(=O)OCc1ccc(-c2cn3c(n2)sc2cc(C(=O)NCCCN4CCCCC4)ccc23)cc1. The number of nitrogens with one attached hydrogen (secondary N) is 1. The molecule has 8 nitrogen and oxygen atoms in total. The van der Waals surface area contributed by atoms with E-state index in [0.29, 0.717) is 12.1 Å². The number of carbonyl (C=O) groups is 2. The number of nitrogens with two attached hydrogens (primary N) is 1. The van der Waals surface area contributed by atoms with Crippen LogP contribution in [0, 0.1) is 0 Å². The third-order valence-corrected chi connectivity index (χ3v) is 7.39. The predicted octanol–water partition coefficient (Wildman–Crippen LogP) is 4.42. The van der Waals surface area contributed by atoms with Crippen LogP contribution in [0.2, 0.25) is 0 Å². The standard InChI is InChI=1S/C26H29N5O3S/c27-25(33)34-17-18-5-7-19(8-6-18)21-16-31-22-10-9-20(15-23(22)35-26(31)29-21)24(32)28-11-4-14-30-12-2-1-3-13-30/h5-10,15-16H,1-4,11-14,17H2,(H2,27,33)(H,28,32). The van der Waals surface area contributed by atoms with E-state index in [1.54, 1.807) is 11.3 Å². The first kappa shape index (κ1) is 23.3. The molecule has 4 aromatic rings. The van der Waals surface area contributed by atoms with Crippen molar-refractivity contribution < 1.29 is 14.3 Å². The van der Waals surface area contributed by atoms with Crippen LogP contribution in [0.15, 0.2) is 48.7 Å². The second kappa shape index (κ2) is 10.5. The summed E-state index contributed by atoms with van der Waals surface area (Å²) in [4.78, 5) is 31.6. The average Bonchev–Trinajstić information content (AvgIpc) is 3.44. The monoisotopic (exact) mass is 491 g/mol. The molecule has 9 heteroatoms. The Morgan fingerprint density at radius 3 is 2.66 bits per heavy atom. The van der Waals surface area contributed by atoms with Crippen LogP contribution in [0.3, 0.4) is 0 Å². The highest BCUT2D eigenvalue weighted by atomic mass is 32.1. The quantitative estimate of drug-likeness (QED) is 0.355. The van der Waals surface area contributed by atoms with Gasteiger partial charge < -0.3 is 20.7 Å². The summed E-state index contributed by atoms with van der Waals surface area (Å²) in [5.74, 6) is -0.0299. The van der Waals surface area contributed by atoms with Gasteiger partial charge >= 0.3 is 6.09 Å². The summed E-state index contributed by atoms with van der Waals surface area (Å²) in [6.45, 7) is 4.26. The lowest BCUT2D eigenvalue weighted by Gasteiger charge is -2.26. The third kappa shape index (κ3) is 5.47. The largest absolute Gasteiger partial charge is 0.445 e. The van der Waals surface area contributed by atoms with Gasteiger partial charge in [0.25, 0.3) is 5.91 Å². The van der Waals surface area contributed by atoms with Gasteiger partial charge in [-0.15, -0.1) is 0 Å². The molecule has 0 saturated carbocycles. The lowest BCUT2D eigenvalue weighted by molar-refractivity contribution is 0.0951. The van der Waals surface area contributed by atoms with Crippen LogP contribution in [-0.2, 0) is 11.3 Å². The Morgan fingerprint density at radius 1 is 1.09 bits per heavy atom.